The Kier molecular flexibility index (Phi) is 8.43. The maximum Gasteiger partial charge on any atom is 0.0159 e. The van der Waals surface area contributed by atoms with Crippen LogP contribution in [0.1, 0.15) is 36.1 Å². The van der Waals surface area contributed by atoms with E-state index in [1.54, 1.807) is 0 Å². The Morgan fingerprint density at radius 1 is 0.254 bits per heavy atom. The van der Waals surface area contributed by atoms with E-state index in [1.807, 2.05) is 0 Å². The summed E-state index contributed by atoms with van der Waals surface area (Å²) in [4.78, 5) is 0. The predicted octanol–water partition coefficient (Wildman–Crippen LogP) is 17.6. The Morgan fingerprint density at radius 3 is 0.937 bits per heavy atom. The second kappa shape index (κ2) is 14.3. The molecule has 0 heteroatoms. The van der Waals surface area contributed by atoms with Crippen LogP contribution in [-0.2, 0) is 5.41 Å². The first-order valence-corrected chi connectivity index (χ1v) is 22.2. The molecule has 0 spiro atoms. The van der Waals surface area contributed by atoms with E-state index in [0.717, 1.165) is 0 Å². The van der Waals surface area contributed by atoms with Gasteiger partial charge in [0.2, 0.25) is 0 Å². The van der Waals surface area contributed by atoms with Gasteiger partial charge < -0.3 is 0 Å². The fourth-order valence-corrected chi connectivity index (χ4v) is 11.0. The van der Waals surface area contributed by atoms with Gasteiger partial charge in [0.05, 0.1) is 0 Å². The lowest BCUT2D eigenvalue weighted by molar-refractivity contribution is 0.661. The van der Waals surface area contributed by atoms with Crippen LogP contribution in [0.2, 0.25) is 0 Å². The second-order valence-corrected chi connectivity index (χ2v) is 18.1. The second-order valence-electron chi connectivity index (χ2n) is 18.1. The lowest BCUT2D eigenvalue weighted by Crippen LogP contribution is -2.15. The number of aryl methyl sites for hydroxylation is 2. The lowest BCUT2D eigenvalue weighted by Gasteiger charge is -2.23. The van der Waals surface area contributed by atoms with Gasteiger partial charge in [0.1, 0.15) is 0 Å². The summed E-state index contributed by atoms with van der Waals surface area (Å²) in [5, 5.41) is 10.3. The average molecular weight is 803 g/mol. The van der Waals surface area contributed by atoms with Gasteiger partial charge in [-0.15, -0.1) is 0 Å². The fourth-order valence-electron chi connectivity index (χ4n) is 11.0. The summed E-state index contributed by atoms with van der Waals surface area (Å²) in [6, 6.07) is 77.3. The Bertz CT molecular complexity index is 3540. The van der Waals surface area contributed by atoms with E-state index in [9.17, 15) is 0 Å². The van der Waals surface area contributed by atoms with Gasteiger partial charge in [-0.1, -0.05) is 219 Å². The molecular weight excluding hydrogens is 757 g/mol. The molecular formula is C63H46. The molecule has 0 bridgehead atoms. The van der Waals surface area contributed by atoms with E-state index in [-0.39, 0.29) is 5.41 Å². The van der Waals surface area contributed by atoms with Gasteiger partial charge in [0, 0.05) is 5.41 Å². The minimum Gasteiger partial charge on any atom is -0.0616 e. The first kappa shape index (κ1) is 37.2. The van der Waals surface area contributed by atoms with Crippen molar-refractivity contribution in [2.24, 2.45) is 0 Å². The zero-order valence-electron chi connectivity index (χ0n) is 36.1. The molecule has 1 aliphatic carbocycles. The smallest absolute Gasteiger partial charge is 0.0159 e. The fraction of sp³-hybridized carbons (Fsp3) is 0.0794. The van der Waals surface area contributed by atoms with Gasteiger partial charge >= 0.3 is 0 Å². The number of hydrogen-bond acceptors (Lipinski definition) is 0. The van der Waals surface area contributed by atoms with E-state index >= 15 is 0 Å². The van der Waals surface area contributed by atoms with E-state index in [1.165, 1.54) is 132 Å². The van der Waals surface area contributed by atoms with Crippen LogP contribution in [0.4, 0.5) is 0 Å². The molecule has 0 nitrogen and oxygen atoms in total. The molecule has 63 heavy (non-hydrogen) atoms. The van der Waals surface area contributed by atoms with Crippen molar-refractivity contribution in [2.75, 3.05) is 0 Å². The lowest BCUT2D eigenvalue weighted by atomic mass is 9.80. The first-order chi connectivity index (χ1) is 30.8. The van der Waals surface area contributed by atoms with Crippen LogP contribution in [0.15, 0.2) is 206 Å². The van der Waals surface area contributed by atoms with Crippen molar-refractivity contribution < 1.29 is 0 Å². The molecule has 0 amide bonds. The molecule has 0 heterocycles. The molecule has 11 aromatic carbocycles. The highest BCUT2D eigenvalue weighted by Gasteiger charge is 2.36. The summed E-state index contributed by atoms with van der Waals surface area (Å²) in [7, 11) is 0. The minimum absolute atomic E-state index is 0.180. The van der Waals surface area contributed by atoms with Crippen molar-refractivity contribution in [2.45, 2.75) is 33.1 Å². The third-order valence-corrected chi connectivity index (χ3v) is 13.9. The largest absolute Gasteiger partial charge is 0.0616 e. The molecule has 0 radical (unpaired) electrons. The van der Waals surface area contributed by atoms with Crippen LogP contribution in [0, 0.1) is 13.8 Å². The molecule has 298 valence electrons. The van der Waals surface area contributed by atoms with E-state index in [0.29, 0.717) is 0 Å². The normalized spacial score (nSPS) is 12.9. The number of fused-ring (bicyclic) bond motifs is 7. The summed E-state index contributed by atoms with van der Waals surface area (Å²) >= 11 is 0. The predicted molar refractivity (Wildman–Crippen MR) is 271 cm³/mol. The molecule has 0 aromatic heterocycles. The molecule has 0 saturated heterocycles. The summed E-state index contributed by atoms with van der Waals surface area (Å²) in [6.07, 6.45) is 0. The molecule has 11 aromatic rings. The van der Waals surface area contributed by atoms with Crippen molar-refractivity contribution in [3.63, 3.8) is 0 Å². The zero-order chi connectivity index (χ0) is 42.4. The Hall–Kier alpha value is -7.54. The molecule has 0 N–H and O–H groups in total. The molecule has 12 rings (SSSR count). The van der Waals surface area contributed by atoms with E-state index < -0.39 is 0 Å². The Balaban J connectivity index is 0.942. The summed E-state index contributed by atoms with van der Waals surface area (Å²) < 4.78 is 0. The molecule has 0 aliphatic heterocycles. The van der Waals surface area contributed by atoms with Crippen molar-refractivity contribution >= 4 is 43.1 Å². The Morgan fingerprint density at radius 2 is 0.556 bits per heavy atom. The van der Waals surface area contributed by atoms with E-state index in [2.05, 4.69) is 234 Å². The van der Waals surface area contributed by atoms with Crippen molar-refractivity contribution in [1.29, 1.82) is 0 Å². The van der Waals surface area contributed by atoms with Gasteiger partial charge in [-0.25, -0.2) is 0 Å². The SMILES string of the molecule is Cc1cccc(-c2c3ccccc3c(-c3ccc(-c4ccc5c(c4)C(C)(C)c4cc(-c6c7ccccc7c(-c7cccc(C)c7)c7ccccc67)ccc4-5)cc3)c3ccccc23)c1. The maximum absolute atomic E-state index is 2.49. The first-order valence-electron chi connectivity index (χ1n) is 22.2. The highest BCUT2D eigenvalue weighted by Crippen LogP contribution is 2.52. The average Bonchev–Trinajstić information content (AvgIpc) is 3.54. The van der Waals surface area contributed by atoms with Crippen LogP contribution >= 0.6 is 0 Å². The summed E-state index contributed by atoms with van der Waals surface area (Å²) in [5.74, 6) is 0. The number of rotatable bonds is 5. The van der Waals surface area contributed by atoms with E-state index in [4.69, 9.17) is 0 Å². The minimum atomic E-state index is -0.180. The molecule has 1 aliphatic rings. The van der Waals surface area contributed by atoms with Gasteiger partial charge in [0.15, 0.2) is 0 Å². The van der Waals surface area contributed by atoms with Crippen LogP contribution in [0.25, 0.3) is 110 Å². The molecule has 0 fully saturated rings. The Labute approximate surface area is 369 Å². The quantitative estimate of drug-likeness (QED) is 0.152. The highest BCUT2D eigenvalue weighted by molar-refractivity contribution is 6.23. The third-order valence-electron chi connectivity index (χ3n) is 13.9. The summed E-state index contributed by atoms with van der Waals surface area (Å²) in [5.41, 5.74) is 20.5. The van der Waals surface area contributed by atoms with Crippen LogP contribution in [0.5, 0.6) is 0 Å². The van der Waals surface area contributed by atoms with Gasteiger partial charge in [-0.2, -0.15) is 0 Å². The highest BCUT2D eigenvalue weighted by atomic mass is 14.4. The maximum atomic E-state index is 2.49. The number of hydrogen-bond donors (Lipinski definition) is 0. The van der Waals surface area contributed by atoms with Crippen molar-refractivity contribution in [1.82, 2.24) is 0 Å². The van der Waals surface area contributed by atoms with Crippen molar-refractivity contribution in [3.05, 3.63) is 229 Å². The molecule has 0 saturated carbocycles. The van der Waals surface area contributed by atoms with Gasteiger partial charge in [-0.3, -0.25) is 0 Å². The number of benzene rings is 11. The molecule has 0 unspecified atom stereocenters. The standard InChI is InChI=1S/C63H46/c1-39-15-13-17-44(35-39)60-51-21-7-5-19-49(51)59(50-20-6-8-22-52(50)60)42-29-27-41(28-30-42)43-31-33-47-48-34-32-46(38-58(48)63(3,4)57(47)37-43)62-55-25-11-9-23-53(55)61(45-18-14-16-40(2)36-45)54-24-10-12-26-56(54)62/h5-38H,1-4H3. The summed E-state index contributed by atoms with van der Waals surface area (Å²) in [6.45, 7) is 9.17. The topological polar surface area (TPSA) is 0 Å². The van der Waals surface area contributed by atoms with Crippen LogP contribution in [-0.4, -0.2) is 0 Å². The zero-order valence-corrected chi connectivity index (χ0v) is 36.1. The van der Waals surface area contributed by atoms with Crippen LogP contribution in [0.3, 0.4) is 0 Å². The van der Waals surface area contributed by atoms with Gasteiger partial charge in [0.25, 0.3) is 0 Å². The van der Waals surface area contributed by atoms with Crippen molar-refractivity contribution in [3.8, 4) is 66.8 Å². The van der Waals surface area contributed by atoms with Crippen LogP contribution < -0.4 is 0 Å². The molecule has 0 atom stereocenters. The van der Waals surface area contributed by atoms with Gasteiger partial charge in [-0.05, 0) is 147 Å². The monoisotopic (exact) mass is 802 g/mol. The third kappa shape index (κ3) is 5.82.